The highest BCUT2D eigenvalue weighted by Crippen LogP contribution is 2.21. The first-order valence-electron chi connectivity index (χ1n) is 7.06. The van der Waals surface area contributed by atoms with E-state index in [9.17, 15) is 8.42 Å². The Kier molecular flexibility index (Phi) is 4.55. The Hall–Kier alpha value is -2.38. The standard InChI is InChI=1S/C16H14ClN3O3S/c1-11-2-8-14(9-3-11)24(21,22)20-13-6-4-12(5-7-13)16-18-15(10-17)23-19-16/h2-9,20H,10H2,1H3. The number of rotatable bonds is 5. The van der Waals surface area contributed by atoms with Gasteiger partial charge in [-0.25, -0.2) is 8.42 Å². The van der Waals surface area contributed by atoms with Crippen molar-refractivity contribution in [3.63, 3.8) is 0 Å². The summed E-state index contributed by atoms with van der Waals surface area (Å²) in [5.41, 5.74) is 2.14. The molecule has 1 aromatic heterocycles. The van der Waals surface area contributed by atoms with Crippen LogP contribution in [-0.4, -0.2) is 18.6 Å². The molecule has 0 saturated carbocycles. The summed E-state index contributed by atoms with van der Waals surface area (Å²) in [6.45, 7) is 1.90. The van der Waals surface area contributed by atoms with Gasteiger partial charge in [-0.2, -0.15) is 4.98 Å². The first-order valence-corrected chi connectivity index (χ1v) is 9.08. The van der Waals surface area contributed by atoms with Crippen LogP contribution in [-0.2, 0) is 15.9 Å². The highest BCUT2D eigenvalue weighted by atomic mass is 35.5. The second-order valence-electron chi connectivity index (χ2n) is 5.14. The predicted molar refractivity (Wildman–Crippen MR) is 91.3 cm³/mol. The van der Waals surface area contributed by atoms with Crippen LogP contribution in [0.1, 0.15) is 11.5 Å². The zero-order valence-electron chi connectivity index (χ0n) is 12.7. The number of aryl methyl sites for hydroxylation is 1. The average Bonchev–Trinajstić information content (AvgIpc) is 3.05. The van der Waals surface area contributed by atoms with Crippen LogP contribution in [0.3, 0.4) is 0 Å². The van der Waals surface area contributed by atoms with Gasteiger partial charge < -0.3 is 4.52 Å². The van der Waals surface area contributed by atoms with Crippen LogP contribution in [0.2, 0.25) is 0 Å². The average molecular weight is 364 g/mol. The molecule has 0 aliphatic heterocycles. The molecule has 24 heavy (non-hydrogen) atoms. The first kappa shape index (κ1) is 16.5. The van der Waals surface area contributed by atoms with Crippen LogP contribution >= 0.6 is 11.6 Å². The molecule has 0 aliphatic carbocycles. The first-order chi connectivity index (χ1) is 11.5. The molecule has 1 N–H and O–H groups in total. The van der Waals surface area contributed by atoms with E-state index in [0.29, 0.717) is 23.0 Å². The van der Waals surface area contributed by atoms with Crippen molar-refractivity contribution in [3.05, 3.63) is 60.0 Å². The van der Waals surface area contributed by atoms with Gasteiger partial charge in [-0.1, -0.05) is 22.9 Å². The number of halogens is 1. The molecule has 0 radical (unpaired) electrons. The minimum Gasteiger partial charge on any atom is -0.338 e. The topological polar surface area (TPSA) is 85.1 Å². The molecule has 0 spiro atoms. The number of nitrogens with zero attached hydrogens (tertiary/aromatic N) is 2. The number of benzene rings is 2. The van der Waals surface area contributed by atoms with Gasteiger partial charge in [-0.05, 0) is 43.3 Å². The smallest absolute Gasteiger partial charge is 0.261 e. The highest BCUT2D eigenvalue weighted by molar-refractivity contribution is 7.92. The molecule has 3 rings (SSSR count). The van der Waals surface area contributed by atoms with E-state index in [-0.39, 0.29) is 10.8 Å². The van der Waals surface area contributed by atoms with Crippen LogP contribution in [0.25, 0.3) is 11.4 Å². The third-order valence-electron chi connectivity index (χ3n) is 3.31. The summed E-state index contributed by atoms with van der Waals surface area (Å²) in [5.74, 6) is 0.871. The van der Waals surface area contributed by atoms with Crippen molar-refractivity contribution < 1.29 is 12.9 Å². The lowest BCUT2D eigenvalue weighted by atomic mass is 10.2. The Morgan fingerprint density at radius 1 is 1.08 bits per heavy atom. The Labute approximate surface area is 144 Å². The van der Waals surface area contributed by atoms with Gasteiger partial charge in [0, 0.05) is 11.3 Å². The Morgan fingerprint density at radius 2 is 1.75 bits per heavy atom. The predicted octanol–water partition coefficient (Wildman–Crippen LogP) is 3.58. The van der Waals surface area contributed by atoms with Gasteiger partial charge in [0.05, 0.1) is 4.90 Å². The SMILES string of the molecule is Cc1ccc(S(=O)(=O)Nc2ccc(-c3noc(CCl)n3)cc2)cc1. The van der Waals surface area contributed by atoms with Crippen molar-refractivity contribution >= 4 is 27.3 Å². The second-order valence-corrected chi connectivity index (χ2v) is 7.09. The molecule has 2 aromatic carbocycles. The van der Waals surface area contributed by atoms with Gasteiger partial charge in [0.15, 0.2) is 0 Å². The molecule has 0 fully saturated rings. The molecule has 3 aromatic rings. The van der Waals surface area contributed by atoms with Crippen molar-refractivity contribution in [3.8, 4) is 11.4 Å². The molecule has 0 amide bonds. The zero-order chi connectivity index (χ0) is 17.2. The van der Waals surface area contributed by atoms with Crippen molar-refractivity contribution in [2.75, 3.05) is 4.72 Å². The molecule has 0 atom stereocenters. The van der Waals surface area contributed by atoms with E-state index in [0.717, 1.165) is 5.56 Å². The molecule has 0 unspecified atom stereocenters. The van der Waals surface area contributed by atoms with Crippen molar-refractivity contribution in [1.82, 2.24) is 10.1 Å². The van der Waals surface area contributed by atoms with E-state index in [4.69, 9.17) is 16.1 Å². The van der Waals surface area contributed by atoms with E-state index >= 15 is 0 Å². The quantitative estimate of drug-likeness (QED) is 0.700. The van der Waals surface area contributed by atoms with Crippen LogP contribution < -0.4 is 4.72 Å². The third kappa shape index (κ3) is 3.58. The van der Waals surface area contributed by atoms with Crippen molar-refractivity contribution in [1.29, 1.82) is 0 Å². The fourth-order valence-electron chi connectivity index (χ4n) is 2.05. The fourth-order valence-corrected chi connectivity index (χ4v) is 3.21. The van der Waals surface area contributed by atoms with Crippen LogP contribution in [0.5, 0.6) is 0 Å². The molecule has 1 heterocycles. The van der Waals surface area contributed by atoms with Crippen molar-refractivity contribution in [2.45, 2.75) is 17.7 Å². The number of nitrogens with one attached hydrogen (secondary N) is 1. The monoisotopic (exact) mass is 363 g/mol. The van der Waals surface area contributed by atoms with E-state index in [1.54, 1.807) is 48.5 Å². The third-order valence-corrected chi connectivity index (χ3v) is 4.93. The van der Waals surface area contributed by atoms with Gasteiger partial charge in [0.1, 0.15) is 5.88 Å². The van der Waals surface area contributed by atoms with Crippen LogP contribution in [0.4, 0.5) is 5.69 Å². The molecule has 0 aliphatic rings. The molecule has 8 heteroatoms. The summed E-state index contributed by atoms with van der Waals surface area (Å²) in [5, 5.41) is 3.81. The molecule has 6 nitrogen and oxygen atoms in total. The van der Waals surface area contributed by atoms with Gasteiger partial charge in [0.2, 0.25) is 11.7 Å². The maximum absolute atomic E-state index is 12.3. The van der Waals surface area contributed by atoms with E-state index in [1.807, 2.05) is 6.92 Å². The highest BCUT2D eigenvalue weighted by Gasteiger charge is 2.14. The lowest BCUT2D eigenvalue weighted by Crippen LogP contribution is -2.12. The van der Waals surface area contributed by atoms with Crippen LogP contribution in [0, 0.1) is 6.92 Å². The maximum atomic E-state index is 12.3. The fraction of sp³-hybridized carbons (Fsp3) is 0.125. The number of anilines is 1. The van der Waals surface area contributed by atoms with E-state index in [1.165, 1.54) is 0 Å². The van der Waals surface area contributed by atoms with Gasteiger partial charge in [-0.15, -0.1) is 11.6 Å². The Bertz CT molecular complexity index is 935. The molecular formula is C16H14ClN3O3S. The minimum absolute atomic E-state index is 0.140. The lowest BCUT2D eigenvalue weighted by Gasteiger charge is -2.08. The molecule has 0 saturated heterocycles. The van der Waals surface area contributed by atoms with Gasteiger partial charge in [0.25, 0.3) is 10.0 Å². The molecular weight excluding hydrogens is 350 g/mol. The summed E-state index contributed by atoms with van der Waals surface area (Å²) in [4.78, 5) is 4.32. The number of hydrogen-bond acceptors (Lipinski definition) is 5. The zero-order valence-corrected chi connectivity index (χ0v) is 14.3. The summed E-state index contributed by atoms with van der Waals surface area (Å²) in [7, 11) is -3.62. The van der Waals surface area contributed by atoms with E-state index in [2.05, 4.69) is 14.9 Å². The summed E-state index contributed by atoms with van der Waals surface area (Å²) in [6, 6.07) is 13.3. The summed E-state index contributed by atoms with van der Waals surface area (Å²) in [6.07, 6.45) is 0. The molecule has 124 valence electrons. The number of sulfonamides is 1. The Balaban J connectivity index is 1.79. The lowest BCUT2D eigenvalue weighted by molar-refractivity contribution is 0.391. The number of alkyl halides is 1. The van der Waals surface area contributed by atoms with Crippen LogP contribution in [0.15, 0.2) is 57.9 Å². The summed E-state index contributed by atoms with van der Waals surface area (Å²) >= 11 is 5.62. The second kappa shape index (κ2) is 6.62. The minimum atomic E-state index is -3.62. The number of aromatic nitrogens is 2. The normalized spacial score (nSPS) is 11.4. The largest absolute Gasteiger partial charge is 0.338 e. The van der Waals surface area contributed by atoms with Gasteiger partial charge in [-0.3, -0.25) is 4.72 Å². The van der Waals surface area contributed by atoms with Crippen molar-refractivity contribution in [2.24, 2.45) is 0 Å². The van der Waals surface area contributed by atoms with E-state index < -0.39 is 10.0 Å². The molecule has 0 bridgehead atoms. The number of hydrogen-bond donors (Lipinski definition) is 1. The van der Waals surface area contributed by atoms with Gasteiger partial charge >= 0.3 is 0 Å². The summed E-state index contributed by atoms with van der Waals surface area (Å²) < 4.78 is 32.2. The Morgan fingerprint density at radius 3 is 2.33 bits per heavy atom. The maximum Gasteiger partial charge on any atom is 0.261 e.